The van der Waals surface area contributed by atoms with E-state index >= 15 is 0 Å². The fourth-order valence-electron chi connectivity index (χ4n) is 1.27. The van der Waals surface area contributed by atoms with E-state index in [-0.39, 0.29) is 12.4 Å². The van der Waals surface area contributed by atoms with E-state index in [1.165, 1.54) is 6.08 Å². The van der Waals surface area contributed by atoms with E-state index in [1.807, 2.05) is 0 Å². The topological polar surface area (TPSA) is 18.5 Å². The SMILES string of the molecule is COc1c(F)cc(OCC=C(Br)Br)cc1C(F)(F)F. The minimum atomic E-state index is -4.72. The fraction of sp³-hybridized carbons (Fsp3) is 0.273. The summed E-state index contributed by atoms with van der Waals surface area (Å²) in [7, 11) is 0.971. The van der Waals surface area contributed by atoms with Crippen LogP contribution in [-0.4, -0.2) is 13.7 Å². The quantitative estimate of drug-likeness (QED) is 0.663. The molecule has 0 aromatic heterocycles. The molecule has 0 aliphatic heterocycles. The Kier molecular flexibility index (Phi) is 5.66. The summed E-state index contributed by atoms with van der Waals surface area (Å²) >= 11 is 6.11. The third-order valence-corrected chi connectivity index (χ3v) is 2.66. The lowest BCUT2D eigenvalue weighted by Crippen LogP contribution is -2.09. The van der Waals surface area contributed by atoms with Gasteiger partial charge in [0.1, 0.15) is 17.9 Å². The van der Waals surface area contributed by atoms with Crippen LogP contribution in [0.4, 0.5) is 17.6 Å². The lowest BCUT2D eigenvalue weighted by Gasteiger charge is -2.14. The molecule has 0 spiro atoms. The van der Waals surface area contributed by atoms with Crippen LogP contribution in [0.2, 0.25) is 0 Å². The van der Waals surface area contributed by atoms with Gasteiger partial charge in [-0.2, -0.15) is 13.2 Å². The molecule has 0 bridgehead atoms. The maximum atomic E-state index is 13.5. The van der Waals surface area contributed by atoms with Crippen LogP contribution in [-0.2, 0) is 6.18 Å². The van der Waals surface area contributed by atoms with Crippen LogP contribution in [0.15, 0.2) is 21.6 Å². The van der Waals surface area contributed by atoms with Crippen molar-refractivity contribution in [3.8, 4) is 11.5 Å². The number of alkyl halides is 3. The molecule has 0 N–H and O–H groups in total. The van der Waals surface area contributed by atoms with Crippen LogP contribution in [0, 0.1) is 5.82 Å². The predicted molar refractivity (Wildman–Crippen MR) is 69.4 cm³/mol. The summed E-state index contributed by atoms with van der Waals surface area (Å²) < 4.78 is 61.6. The second-order valence-electron chi connectivity index (χ2n) is 3.29. The highest BCUT2D eigenvalue weighted by Gasteiger charge is 2.36. The summed E-state index contributed by atoms with van der Waals surface area (Å²) in [5.74, 6) is -2.21. The molecule has 2 nitrogen and oxygen atoms in total. The van der Waals surface area contributed by atoms with Gasteiger partial charge in [0, 0.05) is 6.07 Å². The first kappa shape index (κ1) is 16.3. The molecule has 1 rings (SSSR count). The van der Waals surface area contributed by atoms with Crippen molar-refractivity contribution < 1.29 is 27.0 Å². The second kappa shape index (κ2) is 6.60. The molecule has 0 aliphatic rings. The van der Waals surface area contributed by atoms with Gasteiger partial charge in [-0.25, -0.2) is 4.39 Å². The molecule has 0 aliphatic carbocycles. The number of methoxy groups -OCH3 is 1. The Morgan fingerprint density at radius 3 is 2.42 bits per heavy atom. The van der Waals surface area contributed by atoms with Crippen molar-refractivity contribution in [2.75, 3.05) is 13.7 Å². The lowest BCUT2D eigenvalue weighted by atomic mass is 10.1. The summed E-state index contributed by atoms with van der Waals surface area (Å²) in [5.41, 5.74) is -1.22. The minimum absolute atomic E-state index is 0.0189. The molecule has 0 atom stereocenters. The van der Waals surface area contributed by atoms with Gasteiger partial charge in [0.2, 0.25) is 0 Å². The molecule has 1 aromatic rings. The molecule has 0 unspecified atom stereocenters. The van der Waals surface area contributed by atoms with Gasteiger partial charge in [-0.15, -0.1) is 0 Å². The molecule has 0 heterocycles. The molecule has 0 fully saturated rings. The number of hydrogen-bond donors (Lipinski definition) is 0. The van der Waals surface area contributed by atoms with Crippen molar-refractivity contribution in [3.63, 3.8) is 0 Å². The van der Waals surface area contributed by atoms with Crippen molar-refractivity contribution in [1.82, 2.24) is 0 Å². The lowest BCUT2D eigenvalue weighted by molar-refractivity contribution is -0.139. The van der Waals surface area contributed by atoms with Crippen molar-refractivity contribution in [2.45, 2.75) is 6.18 Å². The monoisotopic (exact) mass is 406 g/mol. The molecule has 0 amide bonds. The molecule has 0 radical (unpaired) electrons. The van der Waals surface area contributed by atoms with Crippen LogP contribution < -0.4 is 9.47 Å². The van der Waals surface area contributed by atoms with Gasteiger partial charge in [-0.1, -0.05) is 0 Å². The van der Waals surface area contributed by atoms with Crippen molar-refractivity contribution in [2.24, 2.45) is 0 Å². The van der Waals surface area contributed by atoms with Gasteiger partial charge in [0.15, 0.2) is 11.6 Å². The van der Waals surface area contributed by atoms with Gasteiger partial charge in [0.05, 0.1) is 10.5 Å². The summed E-state index contributed by atoms with van der Waals surface area (Å²) in [6, 6.07) is 1.53. The average molecular weight is 408 g/mol. The van der Waals surface area contributed by atoms with Gasteiger partial charge < -0.3 is 9.47 Å². The predicted octanol–water partition coefficient (Wildman–Crippen LogP) is 4.86. The molecule has 1 aromatic carbocycles. The standard InChI is InChI=1S/C11H8Br2F4O2/c1-18-10-7(11(15,16)17)4-6(5-8(10)14)19-3-2-9(12)13/h2,4-5H,3H2,1H3. The summed E-state index contributed by atoms with van der Waals surface area (Å²) in [6.45, 7) is -0.0189. The Labute approximate surface area is 123 Å². The molecule has 106 valence electrons. The van der Waals surface area contributed by atoms with Gasteiger partial charge in [-0.05, 0) is 44.0 Å². The molecule has 19 heavy (non-hydrogen) atoms. The zero-order valence-electron chi connectivity index (χ0n) is 9.52. The third kappa shape index (κ3) is 4.68. The van der Waals surface area contributed by atoms with Gasteiger partial charge in [-0.3, -0.25) is 0 Å². The summed E-state index contributed by atoms with van der Waals surface area (Å²) in [6.07, 6.45) is -3.22. The highest BCUT2D eigenvalue weighted by atomic mass is 79.9. The van der Waals surface area contributed by atoms with E-state index in [0.717, 1.165) is 13.2 Å². The molecule has 0 saturated carbocycles. The fourth-order valence-corrected chi connectivity index (χ4v) is 1.54. The zero-order chi connectivity index (χ0) is 14.6. The van der Waals surface area contributed by atoms with Crippen molar-refractivity contribution in [1.29, 1.82) is 0 Å². The number of hydrogen-bond acceptors (Lipinski definition) is 2. The first-order valence-electron chi connectivity index (χ1n) is 4.84. The molecular formula is C11H8Br2F4O2. The van der Waals surface area contributed by atoms with Crippen molar-refractivity contribution >= 4 is 31.9 Å². The van der Waals surface area contributed by atoms with Crippen LogP contribution in [0.25, 0.3) is 0 Å². The summed E-state index contributed by atoms with van der Waals surface area (Å²) in [5, 5.41) is 0. The Balaban J connectivity index is 3.10. The highest BCUT2D eigenvalue weighted by molar-refractivity contribution is 9.28. The van der Waals surface area contributed by atoms with Gasteiger partial charge in [0.25, 0.3) is 0 Å². The van der Waals surface area contributed by atoms with E-state index < -0.39 is 23.3 Å². The Morgan fingerprint density at radius 1 is 1.32 bits per heavy atom. The normalized spacial score (nSPS) is 11.1. The Hall–Kier alpha value is -0.760. The number of ether oxygens (including phenoxy) is 2. The first-order chi connectivity index (χ1) is 8.75. The Bertz CT molecular complexity index is 482. The molecule has 0 saturated heterocycles. The maximum Gasteiger partial charge on any atom is 0.420 e. The van der Waals surface area contributed by atoms with Crippen molar-refractivity contribution in [3.05, 3.63) is 33.0 Å². The average Bonchev–Trinajstić information content (AvgIpc) is 2.26. The number of benzene rings is 1. The van der Waals surface area contributed by atoms with E-state index in [1.54, 1.807) is 0 Å². The van der Waals surface area contributed by atoms with Crippen LogP contribution in [0.3, 0.4) is 0 Å². The zero-order valence-corrected chi connectivity index (χ0v) is 12.7. The molecular weight excluding hydrogens is 400 g/mol. The van der Waals surface area contributed by atoms with Crippen LogP contribution in [0.5, 0.6) is 11.5 Å². The van der Waals surface area contributed by atoms with Crippen LogP contribution in [0.1, 0.15) is 5.56 Å². The number of rotatable bonds is 4. The first-order valence-corrected chi connectivity index (χ1v) is 6.43. The number of halogens is 6. The second-order valence-corrected chi connectivity index (χ2v) is 6.06. The van der Waals surface area contributed by atoms with Crippen LogP contribution >= 0.6 is 31.9 Å². The smallest absolute Gasteiger partial charge is 0.420 e. The maximum absolute atomic E-state index is 13.5. The van der Waals surface area contributed by atoms with E-state index in [2.05, 4.69) is 36.6 Å². The largest absolute Gasteiger partial charge is 0.493 e. The third-order valence-electron chi connectivity index (χ3n) is 2.01. The Morgan fingerprint density at radius 2 is 1.95 bits per heavy atom. The molecule has 8 heteroatoms. The van der Waals surface area contributed by atoms with E-state index in [0.29, 0.717) is 9.46 Å². The van der Waals surface area contributed by atoms with Gasteiger partial charge >= 0.3 is 6.18 Å². The summed E-state index contributed by atoms with van der Waals surface area (Å²) in [4.78, 5) is 0. The minimum Gasteiger partial charge on any atom is -0.493 e. The van der Waals surface area contributed by atoms with E-state index in [9.17, 15) is 17.6 Å². The highest BCUT2D eigenvalue weighted by Crippen LogP contribution is 2.40. The van der Waals surface area contributed by atoms with E-state index in [4.69, 9.17) is 4.74 Å².